The summed E-state index contributed by atoms with van der Waals surface area (Å²) in [5.41, 5.74) is 0. The molecule has 26 heavy (non-hydrogen) atoms. The second-order valence-electron chi connectivity index (χ2n) is 8.40. The van der Waals surface area contributed by atoms with Gasteiger partial charge in [-0.15, -0.1) is 0 Å². The van der Waals surface area contributed by atoms with E-state index in [4.69, 9.17) is 0 Å². The molecule has 0 spiro atoms. The number of urea groups is 2. The van der Waals surface area contributed by atoms with E-state index in [1.54, 1.807) is 0 Å². The van der Waals surface area contributed by atoms with Gasteiger partial charge >= 0.3 is 12.1 Å². The average molecular weight is 365 g/mol. The number of carbonyl (C=O) groups is 2. The van der Waals surface area contributed by atoms with Gasteiger partial charge in [-0.05, 0) is 38.5 Å². The van der Waals surface area contributed by atoms with Gasteiger partial charge in [-0.1, -0.05) is 51.4 Å². The highest BCUT2D eigenvalue weighted by atomic mass is 16.2. The predicted molar refractivity (Wildman–Crippen MR) is 103 cm³/mol. The molecule has 4 N–H and O–H groups in total. The standard InChI is InChI=1S/C20H36N4O2/c25-19(21-15-9-3-1-4-10-15)23-17-13-7-8-14-18(17)24-20(26)22-16-11-5-2-6-12-16/h15-18H,1-14H2,(H2,21,23,25)(H2,22,24,26). The summed E-state index contributed by atoms with van der Waals surface area (Å²) >= 11 is 0. The number of rotatable bonds is 4. The zero-order valence-electron chi connectivity index (χ0n) is 16.0. The molecule has 2 atom stereocenters. The summed E-state index contributed by atoms with van der Waals surface area (Å²) in [5, 5.41) is 12.5. The number of carbonyl (C=O) groups excluding carboxylic acids is 2. The van der Waals surface area contributed by atoms with E-state index in [-0.39, 0.29) is 24.1 Å². The highest BCUT2D eigenvalue weighted by Crippen LogP contribution is 2.21. The van der Waals surface area contributed by atoms with Gasteiger partial charge in [-0.25, -0.2) is 9.59 Å². The number of amides is 4. The highest BCUT2D eigenvalue weighted by Gasteiger charge is 2.29. The zero-order valence-corrected chi connectivity index (χ0v) is 16.0. The fourth-order valence-corrected chi connectivity index (χ4v) is 4.76. The molecule has 0 aliphatic heterocycles. The molecule has 0 heterocycles. The molecule has 0 aromatic carbocycles. The number of hydrogen-bond acceptors (Lipinski definition) is 2. The van der Waals surface area contributed by atoms with Gasteiger partial charge in [0, 0.05) is 12.1 Å². The van der Waals surface area contributed by atoms with Crippen LogP contribution in [0.5, 0.6) is 0 Å². The van der Waals surface area contributed by atoms with Crippen LogP contribution in [0.3, 0.4) is 0 Å². The van der Waals surface area contributed by atoms with Crippen molar-refractivity contribution in [1.29, 1.82) is 0 Å². The van der Waals surface area contributed by atoms with Gasteiger partial charge in [-0.3, -0.25) is 0 Å². The Morgan fingerprint density at radius 3 is 1.19 bits per heavy atom. The maximum Gasteiger partial charge on any atom is 0.315 e. The maximum absolute atomic E-state index is 12.4. The van der Waals surface area contributed by atoms with Gasteiger partial charge in [0.2, 0.25) is 0 Å². The Morgan fingerprint density at radius 2 is 0.808 bits per heavy atom. The minimum atomic E-state index is -0.0664. The molecule has 0 bridgehead atoms. The first-order chi connectivity index (χ1) is 12.7. The van der Waals surface area contributed by atoms with Crippen molar-refractivity contribution < 1.29 is 9.59 Å². The SMILES string of the molecule is O=C(NC1CCCCC1)NC1CCCCC1NC(=O)NC1CCCCC1. The summed E-state index contributed by atoms with van der Waals surface area (Å²) in [6, 6.07) is 0.558. The Bertz CT molecular complexity index is 417. The Labute approximate surface area is 157 Å². The van der Waals surface area contributed by atoms with E-state index in [1.165, 1.54) is 38.5 Å². The Hall–Kier alpha value is -1.46. The van der Waals surface area contributed by atoms with Crippen molar-refractivity contribution >= 4 is 12.1 Å². The Balaban J connectivity index is 1.44. The second-order valence-corrected chi connectivity index (χ2v) is 8.40. The second kappa shape index (κ2) is 10.0. The van der Waals surface area contributed by atoms with Crippen LogP contribution < -0.4 is 21.3 Å². The van der Waals surface area contributed by atoms with E-state index in [0.29, 0.717) is 12.1 Å². The van der Waals surface area contributed by atoms with E-state index >= 15 is 0 Å². The topological polar surface area (TPSA) is 82.3 Å². The maximum atomic E-state index is 12.4. The predicted octanol–water partition coefficient (Wildman–Crippen LogP) is 3.56. The molecule has 3 aliphatic rings. The summed E-state index contributed by atoms with van der Waals surface area (Å²) in [4.78, 5) is 24.8. The van der Waals surface area contributed by atoms with Crippen LogP contribution in [0.1, 0.15) is 89.9 Å². The lowest BCUT2D eigenvalue weighted by atomic mass is 9.90. The molecule has 3 aliphatic carbocycles. The molecular formula is C20H36N4O2. The molecule has 0 aromatic rings. The van der Waals surface area contributed by atoms with Crippen molar-refractivity contribution in [3.05, 3.63) is 0 Å². The van der Waals surface area contributed by atoms with Crippen LogP contribution in [0, 0.1) is 0 Å². The zero-order chi connectivity index (χ0) is 18.2. The molecule has 148 valence electrons. The third-order valence-corrected chi connectivity index (χ3v) is 6.28. The van der Waals surface area contributed by atoms with Crippen molar-refractivity contribution in [1.82, 2.24) is 21.3 Å². The number of hydrogen-bond donors (Lipinski definition) is 4. The molecule has 4 amide bonds. The summed E-state index contributed by atoms with van der Waals surface area (Å²) in [6.45, 7) is 0. The lowest BCUT2D eigenvalue weighted by molar-refractivity contribution is 0.206. The van der Waals surface area contributed by atoms with E-state index in [2.05, 4.69) is 21.3 Å². The minimum absolute atomic E-state index is 0.0319. The van der Waals surface area contributed by atoms with Gasteiger partial charge in [0.25, 0.3) is 0 Å². The lowest BCUT2D eigenvalue weighted by Crippen LogP contribution is -2.58. The van der Waals surface area contributed by atoms with Crippen LogP contribution in [0.4, 0.5) is 9.59 Å². The smallest absolute Gasteiger partial charge is 0.315 e. The Kier molecular flexibility index (Phi) is 7.44. The third kappa shape index (κ3) is 6.06. The number of nitrogens with one attached hydrogen (secondary N) is 4. The molecule has 3 rings (SSSR count). The van der Waals surface area contributed by atoms with E-state index in [1.807, 2.05) is 0 Å². The molecule has 0 aromatic heterocycles. The van der Waals surface area contributed by atoms with Crippen molar-refractivity contribution in [3.8, 4) is 0 Å². The van der Waals surface area contributed by atoms with Crippen molar-refractivity contribution in [3.63, 3.8) is 0 Å². The van der Waals surface area contributed by atoms with Crippen molar-refractivity contribution in [2.75, 3.05) is 0 Å². The van der Waals surface area contributed by atoms with E-state index in [0.717, 1.165) is 51.4 Å². The van der Waals surface area contributed by atoms with Gasteiger partial charge < -0.3 is 21.3 Å². The highest BCUT2D eigenvalue weighted by molar-refractivity contribution is 5.76. The molecule has 0 radical (unpaired) electrons. The average Bonchev–Trinajstić information content (AvgIpc) is 2.65. The molecule has 6 heteroatoms. The molecule has 2 unspecified atom stereocenters. The van der Waals surface area contributed by atoms with Crippen molar-refractivity contribution in [2.24, 2.45) is 0 Å². The summed E-state index contributed by atoms with van der Waals surface area (Å²) < 4.78 is 0. The third-order valence-electron chi connectivity index (χ3n) is 6.28. The van der Waals surface area contributed by atoms with Gasteiger partial charge in [0.1, 0.15) is 0 Å². The van der Waals surface area contributed by atoms with Crippen LogP contribution in [0.25, 0.3) is 0 Å². The van der Waals surface area contributed by atoms with Crippen LogP contribution in [-0.4, -0.2) is 36.2 Å². The van der Waals surface area contributed by atoms with Crippen LogP contribution in [0.15, 0.2) is 0 Å². The van der Waals surface area contributed by atoms with Gasteiger partial charge in [0.15, 0.2) is 0 Å². The molecular weight excluding hydrogens is 328 g/mol. The minimum Gasteiger partial charge on any atom is -0.335 e. The van der Waals surface area contributed by atoms with E-state index < -0.39 is 0 Å². The fourth-order valence-electron chi connectivity index (χ4n) is 4.76. The normalized spacial score (nSPS) is 28.2. The molecule has 3 fully saturated rings. The summed E-state index contributed by atoms with van der Waals surface area (Å²) in [6.07, 6.45) is 15.8. The first-order valence-electron chi connectivity index (χ1n) is 10.8. The van der Waals surface area contributed by atoms with Crippen LogP contribution in [-0.2, 0) is 0 Å². The van der Waals surface area contributed by atoms with Gasteiger partial charge in [0.05, 0.1) is 12.1 Å². The summed E-state index contributed by atoms with van der Waals surface area (Å²) in [7, 11) is 0. The Morgan fingerprint density at radius 1 is 0.462 bits per heavy atom. The first-order valence-corrected chi connectivity index (χ1v) is 10.8. The van der Waals surface area contributed by atoms with E-state index in [9.17, 15) is 9.59 Å². The molecule has 6 nitrogen and oxygen atoms in total. The molecule has 0 saturated heterocycles. The fraction of sp³-hybridized carbons (Fsp3) is 0.900. The van der Waals surface area contributed by atoms with Crippen molar-refractivity contribution in [2.45, 2.75) is 114 Å². The van der Waals surface area contributed by atoms with Crippen LogP contribution in [0.2, 0.25) is 0 Å². The monoisotopic (exact) mass is 364 g/mol. The largest absolute Gasteiger partial charge is 0.335 e. The summed E-state index contributed by atoms with van der Waals surface area (Å²) in [5.74, 6) is 0. The lowest BCUT2D eigenvalue weighted by Gasteiger charge is -2.34. The quantitative estimate of drug-likeness (QED) is 0.615. The molecule has 3 saturated carbocycles. The van der Waals surface area contributed by atoms with Gasteiger partial charge in [-0.2, -0.15) is 0 Å². The van der Waals surface area contributed by atoms with Crippen LogP contribution >= 0.6 is 0 Å². The first kappa shape index (κ1) is 19.3.